The number of amides is 1. The summed E-state index contributed by atoms with van der Waals surface area (Å²) in [6.07, 6.45) is 0. The molecule has 0 saturated heterocycles. The van der Waals surface area contributed by atoms with E-state index in [1.807, 2.05) is 0 Å². The fourth-order valence-corrected chi connectivity index (χ4v) is 3.11. The summed E-state index contributed by atoms with van der Waals surface area (Å²) < 4.78 is 67.1. The predicted octanol–water partition coefficient (Wildman–Crippen LogP) is 4.56. The molecule has 136 valence electrons. The van der Waals surface area contributed by atoms with Crippen LogP contribution in [0.5, 0.6) is 0 Å². The Bertz CT molecular complexity index is 784. The Morgan fingerprint density at radius 3 is 2.12 bits per heavy atom. The molecule has 0 saturated carbocycles. The molecular weight excluding hydrogens is 387 g/mol. The number of hydrogen-bond donors (Lipinski definition) is 1. The molecule has 1 aromatic carbocycles. The van der Waals surface area contributed by atoms with Gasteiger partial charge in [-0.3, -0.25) is 9.69 Å². The molecule has 2 rings (SSSR count). The van der Waals surface area contributed by atoms with Gasteiger partial charge in [-0.05, 0) is 26.1 Å². The number of nitrogens with zero attached hydrogens (tertiary/aromatic N) is 1. The summed E-state index contributed by atoms with van der Waals surface area (Å²) in [4.78, 5) is 14.5. The van der Waals surface area contributed by atoms with Crippen LogP contribution in [-0.2, 0) is 11.3 Å². The maximum absolute atomic E-state index is 13.6. The van der Waals surface area contributed by atoms with Crippen LogP contribution in [0, 0.1) is 29.1 Å². The molecule has 1 unspecified atom stereocenters. The summed E-state index contributed by atoms with van der Waals surface area (Å²) in [5.74, 6) is -11.6. The number of nitrogens with one attached hydrogen (secondary N) is 1. The molecule has 2 aromatic rings. The summed E-state index contributed by atoms with van der Waals surface area (Å²) in [7, 11) is 1.57. The van der Waals surface area contributed by atoms with Crippen LogP contribution in [0.25, 0.3) is 0 Å². The highest BCUT2D eigenvalue weighted by molar-refractivity contribution is 7.16. The lowest BCUT2D eigenvalue weighted by Crippen LogP contribution is -2.39. The van der Waals surface area contributed by atoms with Crippen LogP contribution in [0.4, 0.5) is 27.6 Å². The Labute approximate surface area is 149 Å². The fraction of sp³-hybridized carbons (Fsp3) is 0.267. The second-order valence-electron chi connectivity index (χ2n) is 5.23. The summed E-state index contributed by atoms with van der Waals surface area (Å²) in [5, 5.41) is 1.76. The Hall–Kier alpha value is -1.71. The lowest BCUT2D eigenvalue weighted by atomic mass is 10.2. The van der Waals surface area contributed by atoms with Crippen molar-refractivity contribution in [1.82, 2.24) is 4.90 Å². The minimum Gasteiger partial charge on any atom is -0.320 e. The van der Waals surface area contributed by atoms with Crippen LogP contribution in [0.3, 0.4) is 0 Å². The van der Waals surface area contributed by atoms with Gasteiger partial charge in [-0.1, -0.05) is 11.6 Å². The van der Waals surface area contributed by atoms with E-state index in [1.54, 1.807) is 24.5 Å². The third-order valence-corrected chi connectivity index (χ3v) is 4.75. The molecule has 0 bridgehead atoms. The first-order chi connectivity index (χ1) is 11.6. The minimum atomic E-state index is -2.28. The molecule has 1 amide bonds. The molecular formula is C15H12ClF5N2OS. The standard InChI is InChI=1S/C15H12ClF5N2OS/c1-6(23(2)5-7-3-4-8(16)25-7)15(24)22-14-12(20)10(18)9(17)11(19)13(14)21/h3-4,6H,5H2,1-2H3,(H,22,24). The molecule has 1 aromatic heterocycles. The number of hydrogen-bond acceptors (Lipinski definition) is 3. The van der Waals surface area contributed by atoms with Crippen LogP contribution in [0.1, 0.15) is 11.8 Å². The zero-order chi connectivity index (χ0) is 18.9. The third kappa shape index (κ3) is 4.10. The number of thiophene rings is 1. The van der Waals surface area contributed by atoms with Gasteiger partial charge in [0.1, 0.15) is 5.69 Å². The highest BCUT2D eigenvalue weighted by atomic mass is 35.5. The second-order valence-corrected chi connectivity index (χ2v) is 7.03. The molecule has 3 nitrogen and oxygen atoms in total. The van der Waals surface area contributed by atoms with Crippen molar-refractivity contribution < 1.29 is 26.7 Å². The van der Waals surface area contributed by atoms with Crippen molar-refractivity contribution in [2.24, 2.45) is 0 Å². The summed E-state index contributed by atoms with van der Waals surface area (Å²) in [5.41, 5.74) is -1.37. The largest absolute Gasteiger partial charge is 0.320 e. The van der Waals surface area contributed by atoms with E-state index in [0.717, 1.165) is 4.88 Å². The van der Waals surface area contributed by atoms with E-state index >= 15 is 0 Å². The number of likely N-dealkylation sites (N-methyl/N-ethyl adjacent to an activating group) is 1. The molecule has 0 aliphatic rings. The topological polar surface area (TPSA) is 32.3 Å². The Morgan fingerprint density at radius 2 is 1.64 bits per heavy atom. The van der Waals surface area contributed by atoms with Gasteiger partial charge in [-0.2, -0.15) is 0 Å². The maximum Gasteiger partial charge on any atom is 0.241 e. The quantitative estimate of drug-likeness (QED) is 0.455. The van der Waals surface area contributed by atoms with E-state index < -0.39 is 46.7 Å². The number of benzene rings is 1. The number of halogens is 6. The van der Waals surface area contributed by atoms with Gasteiger partial charge in [0.25, 0.3) is 0 Å². The maximum atomic E-state index is 13.6. The highest BCUT2D eigenvalue weighted by Crippen LogP contribution is 2.27. The number of anilines is 1. The van der Waals surface area contributed by atoms with Gasteiger partial charge in [0.05, 0.1) is 10.4 Å². The van der Waals surface area contributed by atoms with Crippen molar-refractivity contribution in [2.75, 3.05) is 12.4 Å². The molecule has 10 heteroatoms. The lowest BCUT2D eigenvalue weighted by Gasteiger charge is -2.23. The van der Waals surface area contributed by atoms with E-state index in [1.165, 1.54) is 23.2 Å². The molecule has 1 heterocycles. The molecule has 25 heavy (non-hydrogen) atoms. The molecule has 1 atom stereocenters. The van der Waals surface area contributed by atoms with Crippen molar-refractivity contribution in [2.45, 2.75) is 19.5 Å². The van der Waals surface area contributed by atoms with Gasteiger partial charge in [0, 0.05) is 11.4 Å². The van der Waals surface area contributed by atoms with Gasteiger partial charge in [-0.15, -0.1) is 11.3 Å². The SMILES string of the molecule is CC(C(=O)Nc1c(F)c(F)c(F)c(F)c1F)N(C)Cc1ccc(Cl)s1. The minimum absolute atomic E-state index is 0.309. The molecule has 0 spiro atoms. The summed E-state index contributed by atoms with van der Waals surface area (Å²) in [6, 6.07) is 2.52. The van der Waals surface area contributed by atoms with E-state index in [4.69, 9.17) is 11.6 Å². The van der Waals surface area contributed by atoms with Crippen molar-refractivity contribution in [1.29, 1.82) is 0 Å². The first kappa shape index (κ1) is 19.6. The van der Waals surface area contributed by atoms with Crippen LogP contribution in [0.2, 0.25) is 4.34 Å². The average molecular weight is 399 g/mol. The van der Waals surface area contributed by atoms with Crippen LogP contribution < -0.4 is 5.32 Å². The Balaban J connectivity index is 2.16. The van der Waals surface area contributed by atoms with Crippen molar-refractivity contribution in [3.05, 3.63) is 50.4 Å². The monoisotopic (exact) mass is 398 g/mol. The molecule has 0 fully saturated rings. The molecule has 0 aliphatic heterocycles. The van der Waals surface area contributed by atoms with E-state index in [0.29, 0.717) is 10.9 Å². The zero-order valence-corrected chi connectivity index (χ0v) is 14.5. The first-order valence-electron chi connectivity index (χ1n) is 6.90. The van der Waals surface area contributed by atoms with Gasteiger partial charge < -0.3 is 5.32 Å². The summed E-state index contributed by atoms with van der Waals surface area (Å²) in [6.45, 7) is 1.74. The Kier molecular flexibility index (Phi) is 6.02. The molecule has 0 radical (unpaired) electrons. The average Bonchev–Trinajstić information content (AvgIpc) is 2.98. The van der Waals surface area contributed by atoms with Gasteiger partial charge in [0.2, 0.25) is 11.7 Å². The summed E-state index contributed by atoms with van der Waals surface area (Å²) >= 11 is 7.10. The number of carbonyl (C=O) groups is 1. The first-order valence-corrected chi connectivity index (χ1v) is 8.09. The van der Waals surface area contributed by atoms with Gasteiger partial charge in [-0.25, -0.2) is 22.0 Å². The normalized spacial score (nSPS) is 12.5. The third-order valence-electron chi connectivity index (χ3n) is 3.53. The fourth-order valence-electron chi connectivity index (χ4n) is 1.96. The van der Waals surface area contributed by atoms with E-state index in [-0.39, 0.29) is 0 Å². The van der Waals surface area contributed by atoms with Crippen LogP contribution in [-0.4, -0.2) is 23.9 Å². The van der Waals surface area contributed by atoms with Crippen molar-refractivity contribution >= 4 is 34.5 Å². The van der Waals surface area contributed by atoms with Gasteiger partial charge >= 0.3 is 0 Å². The lowest BCUT2D eigenvalue weighted by molar-refractivity contribution is -0.120. The smallest absolute Gasteiger partial charge is 0.241 e. The zero-order valence-electron chi connectivity index (χ0n) is 13.0. The molecule has 1 N–H and O–H groups in total. The molecule has 0 aliphatic carbocycles. The van der Waals surface area contributed by atoms with E-state index in [9.17, 15) is 26.7 Å². The van der Waals surface area contributed by atoms with Crippen molar-refractivity contribution in [3.63, 3.8) is 0 Å². The second kappa shape index (κ2) is 7.67. The number of rotatable bonds is 5. The van der Waals surface area contributed by atoms with Crippen LogP contribution >= 0.6 is 22.9 Å². The van der Waals surface area contributed by atoms with Gasteiger partial charge in [0.15, 0.2) is 23.3 Å². The highest BCUT2D eigenvalue weighted by Gasteiger charge is 2.28. The van der Waals surface area contributed by atoms with E-state index in [2.05, 4.69) is 0 Å². The Morgan fingerprint density at radius 1 is 1.12 bits per heavy atom. The predicted molar refractivity (Wildman–Crippen MR) is 85.1 cm³/mol. The van der Waals surface area contributed by atoms with Crippen LogP contribution in [0.15, 0.2) is 12.1 Å². The number of carbonyl (C=O) groups excluding carboxylic acids is 1. The van der Waals surface area contributed by atoms with Crippen molar-refractivity contribution in [3.8, 4) is 0 Å².